The van der Waals surface area contributed by atoms with Gasteiger partial charge < -0.3 is 10.1 Å². The maximum atomic E-state index is 5.58. The molecule has 0 unspecified atom stereocenters. The number of nitrogens with one attached hydrogen (secondary N) is 1. The molecule has 116 valence electrons. The van der Waals surface area contributed by atoms with Gasteiger partial charge >= 0.3 is 0 Å². The second-order valence-corrected chi connectivity index (χ2v) is 7.62. The molecule has 0 amide bonds. The molecule has 2 saturated heterocycles. The topological polar surface area (TPSA) is 24.5 Å². The van der Waals surface area contributed by atoms with Gasteiger partial charge in [0.1, 0.15) is 0 Å². The Hall–Kier alpha value is 0.0600. The average Bonchev–Trinajstić information content (AvgIpc) is 2.53. The number of hydrogen-bond acceptors (Lipinski definition) is 3. The van der Waals surface area contributed by atoms with Gasteiger partial charge in [-0.2, -0.15) is 0 Å². The van der Waals surface area contributed by atoms with Gasteiger partial charge in [-0.3, -0.25) is 4.90 Å². The van der Waals surface area contributed by atoms with Crippen molar-refractivity contribution >= 4 is 31.9 Å². The molecule has 21 heavy (non-hydrogen) atoms. The molecule has 0 bridgehead atoms. The summed E-state index contributed by atoms with van der Waals surface area (Å²) in [6, 6.07) is 7.04. The van der Waals surface area contributed by atoms with Crippen molar-refractivity contribution < 1.29 is 4.74 Å². The monoisotopic (exact) mass is 416 g/mol. The third-order valence-electron chi connectivity index (χ3n) is 4.53. The molecular weight excluding hydrogens is 396 g/mol. The van der Waals surface area contributed by atoms with Crippen LogP contribution in [0.3, 0.4) is 0 Å². The van der Waals surface area contributed by atoms with Gasteiger partial charge in [0.2, 0.25) is 0 Å². The molecule has 1 aromatic carbocycles. The highest BCUT2D eigenvalue weighted by atomic mass is 79.9. The van der Waals surface area contributed by atoms with E-state index in [1.807, 2.05) is 0 Å². The zero-order chi connectivity index (χ0) is 14.7. The van der Waals surface area contributed by atoms with Gasteiger partial charge in [0.05, 0.1) is 0 Å². The summed E-state index contributed by atoms with van der Waals surface area (Å²) in [5.74, 6) is 0.683. The molecule has 0 spiro atoms. The van der Waals surface area contributed by atoms with Gasteiger partial charge in [-0.15, -0.1) is 0 Å². The van der Waals surface area contributed by atoms with E-state index in [0.717, 1.165) is 56.7 Å². The third kappa shape index (κ3) is 3.88. The van der Waals surface area contributed by atoms with Crippen LogP contribution in [0.2, 0.25) is 0 Å². The van der Waals surface area contributed by atoms with E-state index in [9.17, 15) is 0 Å². The zero-order valence-electron chi connectivity index (χ0n) is 12.2. The Morgan fingerprint density at radius 2 is 1.86 bits per heavy atom. The smallest absolute Gasteiger partial charge is 0.0469 e. The Morgan fingerprint density at radius 3 is 2.57 bits per heavy atom. The van der Waals surface area contributed by atoms with Crippen LogP contribution in [0.4, 0.5) is 0 Å². The Labute approximate surface area is 143 Å². The van der Waals surface area contributed by atoms with E-state index in [1.165, 1.54) is 10.0 Å². The van der Waals surface area contributed by atoms with E-state index in [-0.39, 0.29) is 0 Å². The van der Waals surface area contributed by atoms with Gasteiger partial charge in [-0.05, 0) is 42.5 Å². The van der Waals surface area contributed by atoms with Crippen LogP contribution in [-0.2, 0) is 4.74 Å². The Balaban J connectivity index is 1.91. The highest BCUT2D eigenvalue weighted by Crippen LogP contribution is 2.39. The molecule has 3 nitrogen and oxygen atoms in total. The summed E-state index contributed by atoms with van der Waals surface area (Å²) in [5, 5.41) is 3.46. The summed E-state index contributed by atoms with van der Waals surface area (Å²) >= 11 is 7.41. The quantitative estimate of drug-likeness (QED) is 0.813. The fourth-order valence-corrected chi connectivity index (χ4v) is 4.34. The standard InChI is InChI=1S/C16H22Br2N2O/c17-13-1-2-15(18)14(11-13)16(12-3-9-21-10-4-12)20-7-5-19-6-8-20/h1-2,11-12,16,19H,3-10H2/t16-/m1/s1. The lowest BCUT2D eigenvalue weighted by Gasteiger charge is -2.41. The molecular formula is C16H22Br2N2O. The lowest BCUT2D eigenvalue weighted by atomic mass is 9.85. The van der Waals surface area contributed by atoms with Crippen LogP contribution >= 0.6 is 31.9 Å². The van der Waals surface area contributed by atoms with Crippen LogP contribution in [0.15, 0.2) is 27.1 Å². The average molecular weight is 418 g/mol. The van der Waals surface area contributed by atoms with Crippen molar-refractivity contribution in [1.29, 1.82) is 0 Å². The van der Waals surface area contributed by atoms with Gasteiger partial charge in [0, 0.05) is 54.4 Å². The second kappa shape index (κ2) is 7.55. The minimum absolute atomic E-state index is 0.489. The van der Waals surface area contributed by atoms with Gasteiger partial charge in [-0.1, -0.05) is 31.9 Å². The van der Waals surface area contributed by atoms with Gasteiger partial charge in [0.25, 0.3) is 0 Å². The predicted molar refractivity (Wildman–Crippen MR) is 92.6 cm³/mol. The van der Waals surface area contributed by atoms with Crippen molar-refractivity contribution in [2.45, 2.75) is 18.9 Å². The van der Waals surface area contributed by atoms with Crippen molar-refractivity contribution in [3.8, 4) is 0 Å². The molecule has 1 aromatic rings. The molecule has 3 rings (SSSR count). The SMILES string of the molecule is Brc1ccc(Br)c([C@@H](C2CCOCC2)N2CCNCC2)c1. The number of benzene rings is 1. The fraction of sp³-hybridized carbons (Fsp3) is 0.625. The molecule has 2 aliphatic heterocycles. The van der Waals surface area contributed by atoms with Crippen LogP contribution in [0.25, 0.3) is 0 Å². The highest BCUT2D eigenvalue weighted by molar-refractivity contribution is 9.11. The fourth-order valence-electron chi connectivity index (χ4n) is 3.48. The summed E-state index contributed by atoms with van der Waals surface area (Å²) in [6.45, 7) is 6.23. The first-order chi connectivity index (χ1) is 10.3. The lowest BCUT2D eigenvalue weighted by Crippen LogP contribution is -2.47. The molecule has 0 saturated carbocycles. The summed E-state index contributed by atoms with van der Waals surface area (Å²) in [5.41, 5.74) is 1.41. The van der Waals surface area contributed by atoms with Crippen molar-refractivity contribution in [3.05, 3.63) is 32.7 Å². The van der Waals surface area contributed by atoms with E-state index < -0.39 is 0 Å². The first-order valence-electron chi connectivity index (χ1n) is 7.73. The third-order valence-corrected chi connectivity index (χ3v) is 5.75. The number of nitrogens with zero attached hydrogens (tertiary/aromatic N) is 1. The van der Waals surface area contributed by atoms with Gasteiger partial charge in [-0.25, -0.2) is 0 Å². The van der Waals surface area contributed by atoms with E-state index in [1.54, 1.807) is 0 Å². The molecule has 2 aliphatic rings. The minimum atomic E-state index is 0.489. The summed E-state index contributed by atoms with van der Waals surface area (Å²) in [7, 11) is 0. The van der Waals surface area contributed by atoms with Crippen molar-refractivity contribution in [3.63, 3.8) is 0 Å². The van der Waals surface area contributed by atoms with E-state index >= 15 is 0 Å². The molecule has 0 radical (unpaired) electrons. The predicted octanol–water partition coefficient (Wildman–Crippen LogP) is 3.58. The van der Waals surface area contributed by atoms with Crippen LogP contribution in [0.1, 0.15) is 24.4 Å². The Bertz CT molecular complexity index is 453. The molecule has 1 atom stereocenters. The largest absolute Gasteiger partial charge is 0.381 e. The normalized spacial score (nSPS) is 23.1. The number of ether oxygens (including phenoxy) is 1. The van der Waals surface area contributed by atoms with E-state index in [2.05, 4.69) is 60.3 Å². The van der Waals surface area contributed by atoms with Gasteiger partial charge in [0.15, 0.2) is 0 Å². The molecule has 2 fully saturated rings. The van der Waals surface area contributed by atoms with Crippen molar-refractivity contribution in [2.24, 2.45) is 5.92 Å². The molecule has 0 aromatic heterocycles. The maximum absolute atomic E-state index is 5.58. The summed E-state index contributed by atoms with van der Waals surface area (Å²) in [6.07, 6.45) is 2.32. The van der Waals surface area contributed by atoms with Crippen LogP contribution in [0, 0.1) is 5.92 Å². The Morgan fingerprint density at radius 1 is 1.14 bits per heavy atom. The number of piperazine rings is 1. The summed E-state index contributed by atoms with van der Waals surface area (Å²) < 4.78 is 7.96. The number of hydrogen-bond donors (Lipinski definition) is 1. The van der Waals surface area contributed by atoms with Crippen LogP contribution in [0.5, 0.6) is 0 Å². The minimum Gasteiger partial charge on any atom is -0.381 e. The highest BCUT2D eigenvalue weighted by Gasteiger charge is 2.32. The van der Waals surface area contributed by atoms with Crippen LogP contribution in [-0.4, -0.2) is 44.3 Å². The van der Waals surface area contributed by atoms with E-state index in [4.69, 9.17) is 4.74 Å². The molecule has 0 aliphatic carbocycles. The molecule has 5 heteroatoms. The van der Waals surface area contributed by atoms with Crippen molar-refractivity contribution in [1.82, 2.24) is 10.2 Å². The lowest BCUT2D eigenvalue weighted by molar-refractivity contribution is 0.0211. The van der Waals surface area contributed by atoms with E-state index in [0.29, 0.717) is 12.0 Å². The second-order valence-electron chi connectivity index (χ2n) is 5.85. The first-order valence-corrected chi connectivity index (χ1v) is 9.32. The zero-order valence-corrected chi connectivity index (χ0v) is 15.3. The summed E-state index contributed by atoms with van der Waals surface area (Å²) in [4.78, 5) is 2.65. The molecule has 2 heterocycles. The van der Waals surface area contributed by atoms with Crippen molar-refractivity contribution in [2.75, 3.05) is 39.4 Å². The Kier molecular flexibility index (Phi) is 5.73. The maximum Gasteiger partial charge on any atom is 0.0469 e. The number of halogens is 2. The molecule has 1 N–H and O–H groups in total. The number of rotatable bonds is 3. The first kappa shape index (κ1) is 15.9. The van der Waals surface area contributed by atoms with Crippen LogP contribution < -0.4 is 5.32 Å².